The molecule has 0 N–H and O–H groups in total. The summed E-state index contributed by atoms with van der Waals surface area (Å²) in [5, 5.41) is 0. The Hall–Kier alpha value is -2.79. The first-order valence-electron chi connectivity index (χ1n) is 9.37. The highest BCUT2D eigenvalue weighted by atomic mass is 16.6. The molecule has 2 saturated heterocycles. The smallest absolute Gasteiger partial charge is 0.334 e. The summed E-state index contributed by atoms with van der Waals surface area (Å²) >= 11 is 0. The molecule has 28 heavy (non-hydrogen) atoms. The Morgan fingerprint density at radius 3 is 1.86 bits per heavy atom. The van der Waals surface area contributed by atoms with Crippen LogP contribution in [0.2, 0.25) is 0 Å². The van der Waals surface area contributed by atoms with Crippen LogP contribution >= 0.6 is 0 Å². The van der Waals surface area contributed by atoms with Crippen LogP contribution in [0.3, 0.4) is 0 Å². The van der Waals surface area contributed by atoms with Crippen LogP contribution < -0.4 is 9.47 Å². The molecule has 5 nitrogen and oxygen atoms in total. The molecule has 2 atom stereocenters. The Morgan fingerprint density at radius 1 is 0.929 bits per heavy atom. The van der Waals surface area contributed by atoms with E-state index in [1.54, 1.807) is 14.2 Å². The molecule has 0 amide bonds. The van der Waals surface area contributed by atoms with Crippen LogP contribution in [0.5, 0.6) is 11.5 Å². The van der Waals surface area contributed by atoms with Crippen LogP contribution in [0.4, 0.5) is 0 Å². The van der Waals surface area contributed by atoms with E-state index in [0.717, 1.165) is 22.6 Å². The van der Waals surface area contributed by atoms with Gasteiger partial charge in [0.25, 0.3) is 0 Å². The average Bonchev–Trinajstić information content (AvgIpc) is 2.99. The van der Waals surface area contributed by atoms with Gasteiger partial charge in [0, 0.05) is 36.0 Å². The fourth-order valence-electron chi connectivity index (χ4n) is 4.28. The van der Waals surface area contributed by atoms with Crippen LogP contribution in [0, 0.1) is 0 Å². The molecule has 2 aromatic rings. The Labute approximate surface area is 164 Å². The van der Waals surface area contributed by atoms with Gasteiger partial charge in [-0.25, -0.2) is 4.79 Å². The summed E-state index contributed by atoms with van der Waals surface area (Å²) in [6.45, 7) is 3.88. The molecule has 2 aliphatic rings. The van der Waals surface area contributed by atoms with Crippen LogP contribution in [-0.4, -0.2) is 25.8 Å². The molecule has 2 heterocycles. The van der Waals surface area contributed by atoms with E-state index in [1.807, 2.05) is 48.5 Å². The Bertz CT molecular complexity index is 830. The predicted octanol–water partition coefficient (Wildman–Crippen LogP) is 4.54. The van der Waals surface area contributed by atoms with Gasteiger partial charge in [-0.2, -0.15) is 0 Å². The van der Waals surface area contributed by atoms with E-state index in [9.17, 15) is 4.79 Å². The lowest BCUT2D eigenvalue weighted by Crippen LogP contribution is -2.39. The maximum atomic E-state index is 12.2. The van der Waals surface area contributed by atoms with Crippen LogP contribution in [0.15, 0.2) is 60.7 Å². The van der Waals surface area contributed by atoms with Crippen LogP contribution in [-0.2, 0) is 14.3 Å². The van der Waals surface area contributed by atoms with Crippen molar-refractivity contribution in [1.29, 1.82) is 0 Å². The summed E-state index contributed by atoms with van der Waals surface area (Å²) in [5.74, 6) is 1.19. The first kappa shape index (κ1) is 18.6. The highest BCUT2D eigenvalue weighted by Gasteiger charge is 2.50. The maximum Gasteiger partial charge on any atom is 0.334 e. The van der Waals surface area contributed by atoms with Gasteiger partial charge in [-0.05, 0) is 12.1 Å². The molecule has 0 unspecified atom stereocenters. The second kappa shape index (κ2) is 7.32. The highest BCUT2D eigenvalue weighted by molar-refractivity contribution is 5.90. The first-order valence-corrected chi connectivity index (χ1v) is 9.37. The Balaban J connectivity index is 1.76. The van der Waals surface area contributed by atoms with E-state index in [4.69, 9.17) is 18.9 Å². The summed E-state index contributed by atoms with van der Waals surface area (Å²) in [7, 11) is 3.29. The minimum atomic E-state index is -0.635. The fraction of sp³-hybridized carbons (Fsp3) is 0.348. The van der Waals surface area contributed by atoms with Crippen LogP contribution in [0.1, 0.15) is 42.6 Å². The first-order chi connectivity index (χ1) is 13.5. The number of esters is 1. The lowest BCUT2D eigenvalue weighted by Gasteiger charge is -2.41. The van der Waals surface area contributed by atoms with Crippen molar-refractivity contribution in [3.63, 3.8) is 0 Å². The quantitative estimate of drug-likeness (QED) is 0.576. The van der Waals surface area contributed by atoms with Gasteiger partial charge in [0.05, 0.1) is 26.4 Å². The molecule has 0 aromatic heterocycles. The molecule has 1 spiro atoms. The van der Waals surface area contributed by atoms with Crippen molar-refractivity contribution in [1.82, 2.24) is 0 Å². The van der Waals surface area contributed by atoms with E-state index in [0.29, 0.717) is 24.8 Å². The Kier molecular flexibility index (Phi) is 4.85. The van der Waals surface area contributed by atoms with Crippen molar-refractivity contribution in [3.8, 4) is 11.5 Å². The fourth-order valence-corrected chi connectivity index (χ4v) is 4.28. The van der Waals surface area contributed by atoms with Gasteiger partial charge >= 0.3 is 5.97 Å². The maximum absolute atomic E-state index is 12.2. The average molecular weight is 380 g/mol. The summed E-state index contributed by atoms with van der Waals surface area (Å²) in [6, 6.07) is 15.6. The van der Waals surface area contributed by atoms with Crippen molar-refractivity contribution < 1.29 is 23.7 Å². The number of para-hydroxylation sites is 2. The van der Waals surface area contributed by atoms with Gasteiger partial charge < -0.3 is 18.9 Å². The van der Waals surface area contributed by atoms with E-state index in [2.05, 4.69) is 6.58 Å². The lowest BCUT2D eigenvalue weighted by atomic mass is 9.80. The molecule has 0 radical (unpaired) electrons. The molecule has 0 saturated carbocycles. The second-order valence-electron chi connectivity index (χ2n) is 7.36. The van der Waals surface area contributed by atoms with E-state index < -0.39 is 5.60 Å². The standard InChI is InChI=1S/C23H24O5/c1-15-12-23(28-22(15)24)13-20(16-8-4-6-10-18(16)25-2)27-21(14-23)17-9-5-7-11-19(17)26-3/h4-11,20-21H,1,12-14H2,2-3H3/t20-,21-/m1/s1. The molecular formula is C23H24O5. The number of ether oxygens (including phenoxy) is 4. The van der Waals surface area contributed by atoms with E-state index in [-0.39, 0.29) is 18.2 Å². The largest absolute Gasteiger partial charge is 0.496 e. The number of hydrogen-bond donors (Lipinski definition) is 0. The number of methoxy groups -OCH3 is 2. The van der Waals surface area contributed by atoms with Gasteiger partial charge in [-0.15, -0.1) is 0 Å². The zero-order valence-electron chi connectivity index (χ0n) is 16.1. The van der Waals surface area contributed by atoms with Crippen LogP contribution in [0.25, 0.3) is 0 Å². The minimum absolute atomic E-state index is 0.279. The minimum Gasteiger partial charge on any atom is -0.496 e. The highest BCUT2D eigenvalue weighted by Crippen LogP contribution is 2.52. The Morgan fingerprint density at radius 2 is 1.43 bits per heavy atom. The molecule has 4 rings (SSSR count). The molecular weight excluding hydrogens is 356 g/mol. The molecule has 2 fully saturated rings. The molecule has 0 bridgehead atoms. The van der Waals surface area contributed by atoms with Crippen molar-refractivity contribution in [2.24, 2.45) is 0 Å². The summed E-state index contributed by atoms with van der Waals surface area (Å²) in [4.78, 5) is 12.2. The van der Waals surface area contributed by atoms with Crippen molar-refractivity contribution in [2.45, 2.75) is 37.1 Å². The SMILES string of the molecule is C=C1CC2(C[C@H](c3ccccc3OC)O[C@@H](c3ccccc3OC)C2)OC1=O. The summed E-state index contributed by atoms with van der Waals surface area (Å²) in [5.41, 5.74) is 1.76. The van der Waals surface area contributed by atoms with Gasteiger partial charge in [0.15, 0.2) is 0 Å². The second-order valence-corrected chi connectivity index (χ2v) is 7.36. The number of carbonyl (C=O) groups excluding carboxylic acids is 1. The third-order valence-corrected chi connectivity index (χ3v) is 5.55. The van der Waals surface area contributed by atoms with E-state index >= 15 is 0 Å². The topological polar surface area (TPSA) is 54.0 Å². The van der Waals surface area contributed by atoms with Gasteiger partial charge in [-0.1, -0.05) is 43.0 Å². The summed E-state index contributed by atoms with van der Waals surface area (Å²) < 4.78 is 23.5. The lowest BCUT2D eigenvalue weighted by molar-refractivity contribution is -0.173. The van der Waals surface area contributed by atoms with Gasteiger partial charge in [0.2, 0.25) is 0 Å². The molecule has 2 aliphatic heterocycles. The zero-order valence-corrected chi connectivity index (χ0v) is 16.1. The summed E-state index contributed by atoms with van der Waals surface area (Å²) in [6.07, 6.45) is 1.07. The van der Waals surface area contributed by atoms with Crippen molar-refractivity contribution in [2.75, 3.05) is 14.2 Å². The zero-order chi connectivity index (χ0) is 19.7. The van der Waals surface area contributed by atoms with Gasteiger partial charge in [0.1, 0.15) is 17.1 Å². The number of rotatable bonds is 4. The number of carbonyl (C=O) groups is 1. The van der Waals surface area contributed by atoms with Crippen molar-refractivity contribution in [3.05, 3.63) is 71.8 Å². The molecule has 146 valence electrons. The number of hydrogen-bond acceptors (Lipinski definition) is 5. The van der Waals surface area contributed by atoms with E-state index in [1.165, 1.54) is 0 Å². The third-order valence-electron chi connectivity index (χ3n) is 5.55. The number of benzene rings is 2. The molecule has 2 aromatic carbocycles. The van der Waals surface area contributed by atoms with Crippen molar-refractivity contribution >= 4 is 5.97 Å². The monoisotopic (exact) mass is 380 g/mol. The molecule has 5 heteroatoms. The third kappa shape index (κ3) is 3.27. The van der Waals surface area contributed by atoms with Gasteiger partial charge in [-0.3, -0.25) is 0 Å². The normalized spacial score (nSPS) is 26.9. The molecule has 0 aliphatic carbocycles. The predicted molar refractivity (Wildman–Crippen MR) is 104 cm³/mol.